The molecule has 0 aromatic carbocycles. The molecule has 80 valence electrons. The third kappa shape index (κ3) is 2.56. The normalized spacial score (nSPS) is 14.9. The van der Waals surface area contributed by atoms with E-state index >= 15 is 0 Å². The number of nitrogens with one attached hydrogen (secondary N) is 1. The van der Waals surface area contributed by atoms with Crippen LogP contribution >= 0.6 is 11.3 Å². The monoisotopic (exact) mass is 225 g/mol. The van der Waals surface area contributed by atoms with Gasteiger partial charge in [-0.25, -0.2) is 4.79 Å². The standard InChI is InChI=1S/C10H11NO3S/c12-9(11-5-6-1-2-6)7-3-4-8(15-7)10(13)14/h3-4,6H,1-2,5H2,(H,11,12)(H,13,14). The van der Waals surface area contributed by atoms with E-state index in [4.69, 9.17) is 5.11 Å². The zero-order valence-electron chi connectivity index (χ0n) is 8.03. The molecule has 1 aliphatic carbocycles. The van der Waals surface area contributed by atoms with E-state index in [0.29, 0.717) is 17.3 Å². The summed E-state index contributed by atoms with van der Waals surface area (Å²) >= 11 is 1.01. The molecule has 1 fully saturated rings. The number of rotatable bonds is 4. The Morgan fingerprint density at radius 3 is 2.60 bits per heavy atom. The van der Waals surface area contributed by atoms with Crippen LogP contribution in [0.4, 0.5) is 0 Å². The predicted octanol–water partition coefficient (Wildman–Crippen LogP) is 1.59. The first-order chi connectivity index (χ1) is 7.16. The van der Waals surface area contributed by atoms with Crippen molar-refractivity contribution in [2.45, 2.75) is 12.8 Å². The number of carboxylic acid groups (broad SMARTS) is 1. The van der Waals surface area contributed by atoms with Crippen LogP contribution in [-0.4, -0.2) is 23.5 Å². The van der Waals surface area contributed by atoms with Crippen molar-refractivity contribution in [3.63, 3.8) is 0 Å². The number of hydrogen-bond acceptors (Lipinski definition) is 3. The highest BCUT2D eigenvalue weighted by atomic mass is 32.1. The van der Waals surface area contributed by atoms with Crippen molar-refractivity contribution < 1.29 is 14.7 Å². The van der Waals surface area contributed by atoms with Crippen LogP contribution < -0.4 is 5.32 Å². The topological polar surface area (TPSA) is 66.4 Å². The van der Waals surface area contributed by atoms with Gasteiger partial charge in [-0.05, 0) is 30.9 Å². The Morgan fingerprint density at radius 2 is 2.07 bits per heavy atom. The molecule has 1 heterocycles. The number of carbonyl (C=O) groups is 2. The molecule has 0 atom stereocenters. The molecule has 2 rings (SSSR count). The molecule has 1 aromatic rings. The maximum Gasteiger partial charge on any atom is 0.345 e. The number of carbonyl (C=O) groups excluding carboxylic acids is 1. The summed E-state index contributed by atoms with van der Waals surface area (Å²) in [4.78, 5) is 22.8. The zero-order valence-corrected chi connectivity index (χ0v) is 8.84. The largest absolute Gasteiger partial charge is 0.477 e. The second-order valence-corrected chi connectivity index (χ2v) is 4.71. The summed E-state index contributed by atoms with van der Waals surface area (Å²) in [6.45, 7) is 0.707. The van der Waals surface area contributed by atoms with Crippen LogP contribution in [0.25, 0.3) is 0 Å². The van der Waals surface area contributed by atoms with Gasteiger partial charge in [0.15, 0.2) is 0 Å². The lowest BCUT2D eigenvalue weighted by molar-refractivity contribution is 0.0702. The first-order valence-electron chi connectivity index (χ1n) is 4.78. The van der Waals surface area contributed by atoms with Gasteiger partial charge in [0.1, 0.15) is 4.88 Å². The Morgan fingerprint density at radius 1 is 1.40 bits per heavy atom. The first kappa shape index (κ1) is 10.2. The Hall–Kier alpha value is -1.36. The second-order valence-electron chi connectivity index (χ2n) is 3.62. The molecule has 0 radical (unpaired) electrons. The van der Waals surface area contributed by atoms with Crippen molar-refractivity contribution >= 4 is 23.2 Å². The minimum Gasteiger partial charge on any atom is -0.477 e. The van der Waals surface area contributed by atoms with E-state index in [0.717, 1.165) is 11.3 Å². The van der Waals surface area contributed by atoms with Crippen molar-refractivity contribution in [3.05, 3.63) is 21.9 Å². The molecule has 4 nitrogen and oxygen atoms in total. The third-order valence-electron chi connectivity index (χ3n) is 2.29. The number of hydrogen-bond donors (Lipinski definition) is 2. The van der Waals surface area contributed by atoms with E-state index in [-0.39, 0.29) is 10.8 Å². The number of aromatic carboxylic acids is 1. The maximum atomic E-state index is 11.5. The van der Waals surface area contributed by atoms with E-state index in [9.17, 15) is 9.59 Å². The molecule has 0 unspecified atom stereocenters. The SMILES string of the molecule is O=C(O)c1ccc(C(=O)NCC2CC2)s1. The van der Waals surface area contributed by atoms with Gasteiger partial charge in [0.2, 0.25) is 0 Å². The van der Waals surface area contributed by atoms with Crippen LogP contribution in [0, 0.1) is 5.92 Å². The average Bonchev–Trinajstić information content (AvgIpc) is 2.88. The van der Waals surface area contributed by atoms with Crippen LogP contribution in [0.15, 0.2) is 12.1 Å². The fourth-order valence-electron chi connectivity index (χ4n) is 1.22. The average molecular weight is 225 g/mol. The molecule has 5 heteroatoms. The summed E-state index contributed by atoms with van der Waals surface area (Å²) in [6.07, 6.45) is 2.37. The van der Waals surface area contributed by atoms with Crippen molar-refractivity contribution in [2.24, 2.45) is 5.92 Å². The van der Waals surface area contributed by atoms with E-state index in [1.807, 2.05) is 0 Å². The molecular formula is C10H11NO3S. The molecule has 1 aliphatic rings. The molecule has 0 aliphatic heterocycles. The molecule has 1 aromatic heterocycles. The van der Waals surface area contributed by atoms with Gasteiger partial charge in [-0.1, -0.05) is 0 Å². The molecule has 1 saturated carbocycles. The van der Waals surface area contributed by atoms with E-state index in [1.54, 1.807) is 6.07 Å². The fraction of sp³-hybridized carbons (Fsp3) is 0.400. The number of amides is 1. The van der Waals surface area contributed by atoms with E-state index < -0.39 is 5.97 Å². The van der Waals surface area contributed by atoms with Gasteiger partial charge in [0.25, 0.3) is 5.91 Å². The van der Waals surface area contributed by atoms with Gasteiger partial charge in [-0.2, -0.15) is 0 Å². The molecule has 2 N–H and O–H groups in total. The maximum absolute atomic E-state index is 11.5. The summed E-state index contributed by atoms with van der Waals surface area (Å²) in [5.74, 6) is -0.520. The molecule has 0 spiro atoms. The second kappa shape index (κ2) is 4.02. The van der Waals surface area contributed by atoms with Gasteiger partial charge in [-0.3, -0.25) is 4.79 Å². The smallest absolute Gasteiger partial charge is 0.345 e. The summed E-state index contributed by atoms with van der Waals surface area (Å²) in [5.41, 5.74) is 0. The molecule has 0 bridgehead atoms. The lowest BCUT2D eigenvalue weighted by Crippen LogP contribution is -2.24. The minimum atomic E-state index is -0.985. The van der Waals surface area contributed by atoms with Crippen molar-refractivity contribution in [2.75, 3.05) is 6.54 Å². The highest BCUT2D eigenvalue weighted by Gasteiger charge is 2.22. The van der Waals surface area contributed by atoms with Gasteiger partial charge in [-0.15, -0.1) is 11.3 Å². The van der Waals surface area contributed by atoms with Crippen LogP contribution in [0.1, 0.15) is 32.2 Å². The van der Waals surface area contributed by atoms with Crippen molar-refractivity contribution in [1.82, 2.24) is 5.32 Å². The van der Waals surface area contributed by atoms with Gasteiger partial charge in [0, 0.05) is 6.54 Å². The highest BCUT2D eigenvalue weighted by Crippen LogP contribution is 2.27. The van der Waals surface area contributed by atoms with E-state index in [1.165, 1.54) is 18.9 Å². The molecule has 15 heavy (non-hydrogen) atoms. The Labute approximate surface area is 90.9 Å². The number of thiophene rings is 1. The third-order valence-corrected chi connectivity index (χ3v) is 3.36. The minimum absolute atomic E-state index is 0.167. The van der Waals surface area contributed by atoms with Gasteiger partial charge >= 0.3 is 5.97 Å². The lowest BCUT2D eigenvalue weighted by atomic mass is 10.4. The van der Waals surface area contributed by atoms with Crippen molar-refractivity contribution in [3.8, 4) is 0 Å². The molecular weight excluding hydrogens is 214 g/mol. The van der Waals surface area contributed by atoms with Crippen molar-refractivity contribution in [1.29, 1.82) is 0 Å². The first-order valence-corrected chi connectivity index (χ1v) is 5.60. The summed E-state index contributed by atoms with van der Waals surface area (Å²) in [6, 6.07) is 3.01. The Bertz CT molecular complexity index is 395. The predicted molar refractivity (Wildman–Crippen MR) is 56.3 cm³/mol. The Kier molecular flexibility index (Phi) is 2.73. The highest BCUT2D eigenvalue weighted by molar-refractivity contribution is 7.15. The molecule has 1 amide bonds. The summed E-state index contributed by atoms with van der Waals surface area (Å²) in [7, 11) is 0. The van der Waals surface area contributed by atoms with Gasteiger partial charge < -0.3 is 10.4 Å². The zero-order chi connectivity index (χ0) is 10.8. The number of carboxylic acids is 1. The van der Waals surface area contributed by atoms with E-state index in [2.05, 4.69) is 5.32 Å². The van der Waals surface area contributed by atoms with Crippen LogP contribution in [-0.2, 0) is 0 Å². The summed E-state index contributed by atoms with van der Waals surface area (Å²) in [5, 5.41) is 11.5. The van der Waals surface area contributed by atoms with Crippen LogP contribution in [0.3, 0.4) is 0 Å². The molecule has 0 saturated heterocycles. The lowest BCUT2D eigenvalue weighted by Gasteiger charge is -2.00. The fourth-order valence-corrected chi connectivity index (χ4v) is 1.98. The van der Waals surface area contributed by atoms with Crippen LogP contribution in [0.2, 0.25) is 0 Å². The quantitative estimate of drug-likeness (QED) is 0.817. The summed E-state index contributed by atoms with van der Waals surface area (Å²) < 4.78 is 0. The Balaban J connectivity index is 1.94. The van der Waals surface area contributed by atoms with Crippen LogP contribution in [0.5, 0.6) is 0 Å². The van der Waals surface area contributed by atoms with Gasteiger partial charge in [0.05, 0.1) is 4.88 Å².